The number of rotatable bonds is 5. The smallest absolute Gasteiger partial charge is 0.127 e. The Kier molecular flexibility index (Phi) is 5.13. The lowest BCUT2D eigenvalue weighted by Crippen LogP contribution is -2.41. The van der Waals surface area contributed by atoms with Gasteiger partial charge in [0.15, 0.2) is 0 Å². The van der Waals surface area contributed by atoms with E-state index < -0.39 is 0 Å². The normalized spacial score (nSPS) is 18.5. The van der Waals surface area contributed by atoms with Crippen molar-refractivity contribution in [3.05, 3.63) is 34.3 Å². The van der Waals surface area contributed by atoms with Gasteiger partial charge in [0.2, 0.25) is 0 Å². The Hall–Kier alpha value is -0.710. The third-order valence-corrected chi connectivity index (χ3v) is 4.16. The summed E-state index contributed by atoms with van der Waals surface area (Å²) in [5, 5.41) is 0. The Labute approximate surface area is 123 Å². The van der Waals surface area contributed by atoms with Gasteiger partial charge in [0, 0.05) is 36.2 Å². The molecule has 4 heteroatoms. The van der Waals surface area contributed by atoms with Crippen molar-refractivity contribution in [3.8, 4) is 0 Å². The van der Waals surface area contributed by atoms with Crippen LogP contribution in [0, 0.1) is 5.41 Å². The van der Waals surface area contributed by atoms with Crippen molar-refractivity contribution < 1.29 is 9.53 Å². The molecule has 0 unspecified atom stereocenters. The molecule has 0 aliphatic carbocycles. The van der Waals surface area contributed by atoms with Gasteiger partial charge >= 0.3 is 0 Å². The number of nitrogens with zero attached hydrogens (tertiary/aromatic N) is 1. The van der Waals surface area contributed by atoms with Crippen LogP contribution in [0.15, 0.2) is 28.7 Å². The number of ether oxygens (including phenoxy) is 1. The van der Waals surface area contributed by atoms with Crippen LogP contribution in [-0.2, 0) is 16.1 Å². The average molecular weight is 326 g/mol. The summed E-state index contributed by atoms with van der Waals surface area (Å²) in [6.45, 7) is 3.05. The highest BCUT2D eigenvalue weighted by atomic mass is 79.9. The molecule has 0 atom stereocenters. The van der Waals surface area contributed by atoms with Gasteiger partial charge in [-0.25, -0.2) is 0 Å². The molecule has 1 saturated heterocycles. The van der Waals surface area contributed by atoms with Gasteiger partial charge in [0.1, 0.15) is 6.29 Å². The van der Waals surface area contributed by atoms with Gasteiger partial charge in [-0.15, -0.1) is 0 Å². The number of aldehydes is 1. The Morgan fingerprint density at radius 3 is 2.79 bits per heavy atom. The molecule has 104 valence electrons. The lowest BCUT2D eigenvalue weighted by molar-refractivity contribution is -0.122. The number of carbonyl (C=O) groups excluding carboxylic acids is 1. The molecular weight excluding hydrogens is 306 g/mol. The van der Waals surface area contributed by atoms with Crippen LogP contribution < -0.4 is 0 Å². The van der Waals surface area contributed by atoms with E-state index in [0.717, 1.165) is 36.7 Å². The van der Waals surface area contributed by atoms with Gasteiger partial charge in [0.25, 0.3) is 0 Å². The molecule has 1 aromatic rings. The summed E-state index contributed by atoms with van der Waals surface area (Å²) in [6, 6.07) is 8.29. The molecule has 0 saturated carbocycles. The largest absolute Gasteiger partial charge is 0.381 e. The van der Waals surface area contributed by atoms with E-state index in [0.29, 0.717) is 13.2 Å². The lowest BCUT2D eigenvalue weighted by Gasteiger charge is -2.35. The first-order chi connectivity index (χ1) is 9.13. The van der Waals surface area contributed by atoms with E-state index >= 15 is 0 Å². The van der Waals surface area contributed by atoms with Crippen molar-refractivity contribution in [2.75, 3.05) is 26.8 Å². The highest BCUT2D eigenvalue weighted by molar-refractivity contribution is 9.10. The van der Waals surface area contributed by atoms with E-state index in [1.807, 2.05) is 12.1 Å². The van der Waals surface area contributed by atoms with E-state index in [9.17, 15) is 4.79 Å². The molecule has 0 amide bonds. The molecule has 0 spiro atoms. The minimum atomic E-state index is -0.223. The van der Waals surface area contributed by atoms with Gasteiger partial charge in [-0.05, 0) is 37.6 Å². The highest BCUT2D eigenvalue weighted by Crippen LogP contribution is 2.29. The molecule has 0 bridgehead atoms. The molecule has 2 rings (SSSR count). The van der Waals surface area contributed by atoms with Gasteiger partial charge in [-0.3, -0.25) is 0 Å². The second-order valence-corrected chi connectivity index (χ2v) is 6.31. The molecule has 1 aliphatic rings. The molecule has 0 N–H and O–H groups in total. The standard InChI is InChI=1S/C15H20BrNO2/c1-17(10-13-3-2-4-14(16)9-13)11-15(12-18)5-7-19-8-6-15/h2-4,9,12H,5-8,10-11H2,1H3. The molecule has 19 heavy (non-hydrogen) atoms. The van der Waals surface area contributed by atoms with Gasteiger partial charge in [0.05, 0.1) is 0 Å². The number of hydrogen-bond donors (Lipinski definition) is 0. The number of hydrogen-bond acceptors (Lipinski definition) is 3. The van der Waals surface area contributed by atoms with Gasteiger partial charge in [-0.1, -0.05) is 28.1 Å². The molecule has 3 nitrogen and oxygen atoms in total. The van der Waals surface area contributed by atoms with Gasteiger partial charge < -0.3 is 14.4 Å². The Balaban J connectivity index is 1.96. The zero-order valence-corrected chi connectivity index (χ0v) is 12.9. The summed E-state index contributed by atoms with van der Waals surface area (Å²) in [4.78, 5) is 13.7. The predicted octanol–water partition coefficient (Wildman–Crippen LogP) is 2.88. The maximum Gasteiger partial charge on any atom is 0.127 e. The maximum atomic E-state index is 11.4. The van der Waals surface area contributed by atoms with Crippen LogP contribution in [0.2, 0.25) is 0 Å². The third-order valence-electron chi connectivity index (χ3n) is 3.66. The predicted molar refractivity (Wildman–Crippen MR) is 79.0 cm³/mol. The quantitative estimate of drug-likeness (QED) is 0.779. The Morgan fingerprint density at radius 2 is 2.16 bits per heavy atom. The summed E-state index contributed by atoms with van der Waals surface area (Å²) in [5.74, 6) is 0. The van der Waals surface area contributed by atoms with Crippen LogP contribution >= 0.6 is 15.9 Å². The van der Waals surface area contributed by atoms with Crippen molar-refractivity contribution in [2.45, 2.75) is 19.4 Å². The summed E-state index contributed by atoms with van der Waals surface area (Å²) >= 11 is 3.48. The molecular formula is C15H20BrNO2. The van der Waals surface area contributed by atoms with E-state index in [1.165, 1.54) is 5.56 Å². The lowest BCUT2D eigenvalue weighted by atomic mass is 9.81. The van der Waals surface area contributed by atoms with Crippen molar-refractivity contribution in [1.82, 2.24) is 4.90 Å². The van der Waals surface area contributed by atoms with Crippen LogP contribution in [0.4, 0.5) is 0 Å². The van der Waals surface area contributed by atoms with Crippen molar-refractivity contribution in [2.24, 2.45) is 5.41 Å². The third kappa shape index (κ3) is 4.13. The van der Waals surface area contributed by atoms with Crippen molar-refractivity contribution >= 4 is 22.2 Å². The Bertz CT molecular complexity index is 430. The highest BCUT2D eigenvalue weighted by Gasteiger charge is 2.33. The summed E-state index contributed by atoms with van der Waals surface area (Å²) in [7, 11) is 2.07. The second kappa shape index (κ2) is 6.64. The number of halogens is 1. The second-order valence-electron chi connectivity index (χ2n) is 5.39. The molecule has 1 heterocycles. The van der Waals surface area contributed by atoms with Crippen LogP contribution in [0.3, 0.4) is 0 Å². The van der Waals surface area contributed by atoms with Gasteiger partial charge in [-0.2, -0.15) is 0 Å². The SMILES string of the molecule is CN(Cc1cccc(Br)c1)CC1(C=O)CCOCC1. The summed E-state index contributed by atoms with van der Waals surface area (Å²) in [5.41, 5.74) is 1.03. The monoisotopic (exact) mass is 325 g/mol. The van der Waals surface area contributed by atoms with Crippen LogP contribution in [-0.4, -0.2) is 38.0 Å². The molecule has 1 aromatic carbocycles. The average Bonchev–Trinajstić information content (AvgIpc) is 2.39. The van der Waals surface area contributed by atoms with E-state index in [2.05, 4.69) is 40.0 Å². The maximum absolute atomic E-state index is 11.4. The topological polar surface area (TPSA) is 29.5 Å². The molecule has 1 fully saturated rings. The fraction of sp³-hybridized carbons (Fsp3) is 0.533. The van der Waals surface area contributed by atoms with Crippen molar-refractivity contribution in [1.29, 1.82) is 0 Å². The minimum Gasteiger partial charge on any atom is -0.381 e. The van der Waals surface area contributed by atoms with E-state index in [-0.39, 0.29) is 5.41 Å². The molecule has 1 aliphatic heterocycles. The van der Waals surface area contributed by atoms with E-state index in [4.69, 9.17) is 4.74 Å². The van der Waals surface area contributed by atoms with Crippen molar-refractivity contribution in [3.63, 3.8) is 0 Å². The number of benzene rings is 1. The Morgan fingerprint density at radius 1 is 1.42 bits per heavy atom. The zero-order valence-electron chi connectivity index (χ0n) is 11.3. The first-order valence-electron chi connectivity index (χ1n) is 6.61. The zero-order chi connectivity index (χ0) is 13.7. The molecule has 0 aromatic heterocycles. The summed E-state index contributed by atoms with van der Waals surface area (Å²) in [6.07, 6.45) is 2.80. The van der Waals surface area contributed by atoms with E-state index in [1.54, 1.807) is 0 Å². The molecule has 0 radical (unpaired) electrons. The summed E-state index contributed by atoms with van der Waals surface area (Å²) < 4.78 is 6.45. The first-order valence-corrected chi connectivity index (χ1v) is 7.40. The minimum absolute atomic E-state index is 0.223. The number of carbonyl (C=O) groups is 1. The van der Waals surface area contributed by atoms with Crippen LogP contribution in [0.5, 0.6) is 0 Å². The van der Waals surface area contributed by atoms with Crippen LogP contribution in [0.25, 0.3) is 0 Å². The first kappa shape index (κ1) is 14.7. The fourth-order valence-electron chi connectivity index (χ4n) is 2.63. The fourth-order valence-corrected chi connectivity index (χ4v) is 3.08. The van der Waals surface area contributed by atoms with Crippen LogP contribution in [0.1, 0.15) is 18.4 Å².